The number of hydrogen-bond acceptors (Lipinski definition) is 6. The number of carbonyl (C=O) groups excluding carboxylic acids is 2. The molecule has 4 rings (SSSR count). The van der Waals surface area contributed by atoms with Crippen molar-refractivity contribution in [3.05, 3.63) is 58.1 Å². The van der Waals surface area contributed by atoms with Gasteiger partial charge in [0, 0.05) is 28.7 Å². The molecule has 216 valence electrons. The van der Waals surface area contributed by atoms with E-state index in [1.54, 1.807) is 18.4 Å². The molecule has 2 fully saturated rings. The average molecular weight is 564 g/mol. The summed E-state index contributed by atoms with van der Waals surface area (Å²) in [6, 6.07) is 5.00. The van der Waals surface area contributed by atoms with Gasteiger partial charge in [0.05, 0.1) is 17.8 Å². The predicted molar refractivity (Wildman–Crippen MR) is 166 cm³/mol. The first-order valence-corrected chi connectivity index (χ1v) is 15.6. The second kappa shape index (κ2) is 13.6. The van der Waals surface area contributed by atoms with Gasteiger partial charge in [0.25, 0.3) is 0 Å². The molecule has 0 unspecified atom stereocenters. The summed E-state index contributed by atoms with van der Waals surface area (Å²) in [7, 11) is 1.77. The molecule has 0 spiro atoms. The molecule has 1 aromatic heterocycles. The van der Waals surface area contributed by atoms with Crippen molar-refractivity contribution in [3.63, 3.8) is 0 Å². The second-order valence-corrected chi connectivity index (χ2v) is 12.4. The Bertz CT molecular complexity index is 1230. The lowest BCUT2D eigenvalue weighted by atomic mass is 9.83. The first-order chi connectivity index (χ1) is 19.2. The minimum Gasteiger partial charge on any atom is -0.398 e. The fourth-order valence-electron chi connectivity index (χ4n) is 5.87. The number of nitrogens with zero attached hydrogens (tertiary/aromatic N) is 2. The molecule has 2 aromatic rings. The lowest BCUT2D eigenvalue weighted by Gasteiger charge is -2.35. The Balaban J connectivity index is 1.62. The summed E-state index contributed by atoms with van der Waals surface area (Å²) in [6.07, 6.45) is 11.2. The molecule has 2 amide bonds. The number of aromatic nitrogens is 1. The van der Waals surface area contributed by atoms with Crippen LogP contribution in [-0.2, 0) is 9.59 Å². The number of hydrogen-bond donors (Lipinski definition) is 3. The van der Waals surface area contributed by atoms with Crippen LogP contribution in [0.4, 0.5) is 5.69 Å². The smallest absolute Gasteiger partial charge is 0.246 e. The van der Waals surface area contributed by atoms with Crippen LogP contribution in [0.2, 0.25) is 0 Å². The van der Waals surface area contributed by atoms with Gasteiger partial charge >= 0.3 is 0 Å². The van der Waals surface area contributed by atoms with Crippen molar-refractivity contribution in [2.45, 2.75) is 83.8 Å². The summed E-state index contributed by atoms with van der Waals surface area (Å²) >= 11 is 1.60. The van der Waals surface area contributed by atoms with Crippen molar-refractivity contribution in [2.24, 2.45) is 11.8 Å². The van der Waals surface area contributed by atoms with Crippen LogP contribution in [0.25, 0.3) is 11.6 Å². The number of carbonyl (C=O) groups is 2. The monoisotopic (exact) mass is 563 g/mol. The maximum absolute atomic E-state index is 14.1. The Kier molecular flexibility index (Phi) is 10.2. The van der Waals surface area contributed by atoms with Gasteiger partial charge < -0.3 is 21.3 Å². The Morgan fingerprint density at radius 3 is 2.58 bits per heavy atom. The van der Waals surface area contributed by atoms with Crippen LogP contribution in [0, 0.1) is 11.8 Å². The topological polar surface area (TPSA) is 100 Å². The van der Waals surface area contributed by atoms with E-state index < -0.39 is 6.04 Å². The molecule has 1 aromatic carbocycles. The number of allylic oxidation sites excluding steroid dienone is 1. The zero-order chi connectivity index (χ0) is 28.8. The molecule has 1 aliphatic carbocycles. The summed E-state index contributed by atoms with van der Waals surface area (Å²) < 4.78 is 0. The highest BCUT2D eigenvalue weighted by Crippen LogP contribution is 2.38. The second-order valence-electron chi connectivity index (χ2n) is 11.5. The summed E-state index contributed by atoms with van der Waals surface area (Å²) in [5.41, 5.74) is 11.0. The van der Waals surface area contributed by atoms with Crippen LogP contribution in [0.3, 0.4) is 0 Å². The number of rotatable bonds is 10. The van der Waals surface area contributed by atoms with Gasteiger partial charge in [0.1, 0.15) is 11.0 Å². The van der Waals surface area contributed by atoms with Crippen molar-refractivity contribution in [2.75, 3.05) is 19.3 Å². The third-order valence-electron chi connectivity index (χ3n) is 8.23. The van der Waals surface area contributed by atoms with Crippen LogP contribution < -0.4 is 16.4 Å². The standard InChI is InChI=1S/C32H45N5O2S/c1-6-22-14-15-26(33)24(18-22)25(17-20(2)3)27-19-40-31(35-27)28-13-10-16-37(28)32(39)29(23-11-8-7-9-12-23)36-30(38)21(4)34-5/h6,14-15,17-21,23,28-29,34H,1,7-13,16,33H2,2-5H3,(H,36,38)/b25-17+/t21-,28-,29-/m0/s1. The van der Waals surface area contributed by atoms with Gasteiger partial charge in [0.15, 0.2) is 0 Å². The highest BCUT2D eigenvalue weighted by atomic mass is 32.1. The fourth-order valence-corrected chi connectivity index (χ4v) is 6.83. The molecule has 0 bridgehead atoms. The van der Waals surface area contributed by atoms with Crippen molar-refractivity contribution < 1.29 is 9.59 Å². The number of nitrogens with one attached hydrogen (secondary N) is 2. The number of benzene rings is 1. The van der Waals surface area contributed by atoms with E-state index in [-0.39, 0.29) is 29.8 Å². The normalized spacial score (nSPS) is 20.0. The quantitative estimate of drug-likeness (QED) is 0.318. The predicted octanol–water partition coefficient (Wildman–Crippen LogP) is 5.79. The molecule has 3 atom stereocenters. The molecule has 2 heterocycles. The molecule has 40 heavy (non-hydrogen) atoms. The lowest BCUT2D eigenvalue weighted by molar-refractivity contribution is -0.139. The Morgan fingerprint density at radius 1 is 1.15 bits per heavy atom. The Labute approximate surface area is 243 Å². The Hall–Kier alpha value is -2.97. The van der Waals surface area contributed by atoms with Gasteiger partial charge in [-0.15, -0.1) is 11.3 Å². The van der Waals surface area contributed by atoms with E-state index in [2.05, 4.69) is 48.6 Å². The molecule has 4 N–H and O–H groups in total. The van der Waals surface area contributed by atoms with E-state index in [0.717, 1.165) is 65.9 Å². The van der Waals surface area contributed by atoms with Crippen LogP contribution in [0.1, 0.15) is 93.6 Å². The number of thiazole rings is 1. The largest absolute Gasteiger partial charge is 0.398 e. The number of likely N-dealkylation sites (tertiary alicyclic amines) is 1. The van der Waals surface area contributed by atoms with Gasteiger partial charge in [-0.2, -0.15) is 0 Å². The first kappa shape index (κ1) is 30.0. The fraction of sp³-hybridized carbons (Fsp3) is 0.531. The van der Waals surface area contributed by atoms with Gasteiger partial charge in [-0.3, -0.25) is 9.59 Å². The first-order valence-electron chi connectivity index (χ1n) is 14.7. The molecule has 0 radical (unpaired) electrons. The molecule has 7 nitrogen and oxygen atoms in total. The van der Waals surface area contributed by atoms with Crippen LogP contribution in [0.5, 0.6) is 0 Å². The minimum atomic E-state index is -0.499. The van der Waals surface area contributed by atoms with Crippen molar-refractivity contribution >= 4 is 40.5 Å². The molecule has 1 aliphatic heterocycles. The molecule has 1 saturated carbocycles. The average Bonchev–Trinajstić information content (AvgIpc) is 3.64. The van der Waals surface area contributed by atoms with Gasteiger partial charge in [-0.1, -0.05) is 57.9 Å². The third-order valence-corrected chi connectivity index (χ3v) is 9.18. The highest BCUT2D eigenvalue weighted by molar-refractivity contribution is 7.09. The van der Waals surface area contributed by atoms with Gasteiger partial charge in [-0.05, 0) is 69.2 Å². The van der Waals surface area contributed by atoms with E-state index >= 15 is 0 Å². The summed E-state index contributed by atoms with van der Waals surface area (Å²) in [5, 5.41) is 9.15. The third kappa shape index (κ3) is 6.84. The number of likely N-dealkylation sites (N-methyl/N-ethyl adjacent to an activating group) is 1. The molecule has 2 aliphatic rings. The SMILES string of the molecule is C=Cc1ccc(N)c(/C(=C\C(C)C)c2csc([C@@H]3CCCN3C(=O)[C@@H](NC(=O)[C@H](C)NC)C3CCCCC3)n2)c1. The van der Waals surface area contributed by atoms with Crippen LogP contribution >= 0.6 is 11.3 Å². The minimum absolute atomic E-state index is 0.0312. The van der Waals surface area contributed by atoms with Crippen LogP contribution in [-0.4, -0.2) is 47.4 Å². The Morgan fingerprint density at radius 2 is 1.90 bits per heavy atom. The molecular formula is C32H45N5O2S. The lowest BCUT2D eigenvalue weighted by Crippen LogP contribution is -2.55. The zero-order valence-corrected chi connectivity index (χ0v) is 25.2. The van der Waals surface area contributed by atoms with E-state index in [9.17, 15) is 9.59 Å². The highest BCUT2D eigenvalue weighted by Gasteiger charge is 2.40. The summed E-state index contributed by atoms with van der Waals surface area (Å²) in [5.74, 6) is 0.379. The van der Waals surface area contributed by atoms with Gasteiger partial charge in [0.2, 0.25) is 11.8 Å². The number of nitrogens with two attached hydrogens (primary N) is 1. The van der Waals surface area contributed by atoms with E-state index in [1.807, 2.05) is 30.0 Å². The van der Waals surface area contributed by atoms with Crippen molar-refractivity contribution in [1.29, 1.82) is 0 Å². The van der Waals surface area contributed by atoms with E-state index in [4.69, 9.17) is 10.7 Å². The van der Waals surface area contributed by atoms with Crippen molar-refractivity contribution in [1.82, 2.24) is 20.5 Å². The number of anilines is 1. The molecule has 8 heteroatoms. The maximum atomic E-state index is 14.1. The van der Waals surface area contributed by atoms with E-state index in [0.29, 0.717) is 18.2 Å². The molecular weight excluding hydrogens is 518 g/mol. The number of nitrogen functional groups attached to an aromatic ring is 1. The zero-order valence-electron chi connectivity index (χ0n) is 24.4. The van der Waals surface area contributed by atoms with Gasteiger partial charge in [-0.25, -0.2) is 4.98 Å². The maximum Gasteiger partial charge on any atom is 0.246 e. The summed E-state index contributed by atoms with van der Waals surface area (Å²) in [6.45, 7) is 10.7. The number of amides is 2. The molecule has 1 saturated heterocycles. The summed E-state index contributed by atoms with van der Waals surface area (Å²) in [4.78, 5) is 34.1. The van der Waals surface area contributed by atoms with Crippen LogP contribution in [0.15, 0.2) is 36.2 Å². The van der Waals surface area contributed by atoms with E-state index in [1.165, 1.54) is 6.42 Å². The van der Waals surface area contributed by atoms with Crippen molar-refractivity contribution in [3.8, 4) is 0 Å².